The molecule has 1 N–H and O–H groups in total. The number of nitro groups is 1. The fourth-order valence-corrected chi connectivity index (χ4v) is 3.42. The lowest BCUT2D eigenvalue weighted by Gasteiger charge is -2.20. The maximum absolute atomic E-state index is 12.4. The van der Waals surface area contributed by atoms with E-state index in [0.717, 1.165) is 16.4 Å². The van der Waals surface area contributed by atoms with Crippen molar-refractivity contribution < 1.29 is 18.4 Å². The van der Waals surface area contributed by atoms with Gasteiger partial charge in [0.25, 0.3) is 5.69 Å². The molecule has 0 aliphatic carbocycles. The lowest BCUT2D eigenvalue weighted by Crippen LogP contribution is -2.33. The number of nitrogens with zero attached hydrogens (tertiary/aromatic N) is 2. The molecule has 0 spiro atoms. The molecular formula is C12H15ClN2O5S. The third kappa shape index (κ3) is 3.79. The molecule has 0 fully saturated rings. The van der Waals surface area contributed by atoms with Crippen molar-refractivity contribution in [3.05, 3.63) is 45.5 Å². The summed E-state index contributed by atoms with van der Waals surface area (Å²) in [5.74, 6) is 0. The van der Waals surface area contributed by atoms with Gasteiger partial charge in [0.2, 0.25) is 10.0 Å². The van der Waals surface area contributed by atoms with Crippen LogP contribution in [-0.2, 0) is 10.0 Å². The minimum absolute atomic E-state index is 0.00896. The van der Waals surface area contributed by atoms with E-state index in [9.17, 15) is 18.5 Å². The molecule has 0 aliphatic heterocycles. The molecule has 9 heteroatoms. The highest BCUT2D eigenvalue weighted by molar-refractivity contribution is 7.89. The Balaban J connectivity index is 3.43. The Labute approximate surface area is 127 Å². The number of halogens is 1. The van der Waals surface area contributed by atoms with Gasteiger partial charge in [-0.3, -0.25) is 10.1 Å². The normalized spacial score (nSPS) is 11.6. The Bertz CT molecular complexity index is 660. The third-order valence-electron chi connectivity index (χ3n) is 2.81. The zero-order valence-electron chi connectivity index (χ0n) is 11.3. The molecule has 0 radical (unpaired) electrons. The number of sulfonamides is 1. The van der Waals surface area contributed by atoms with E-state index in [1.54, 1.807) is 0 Å². The van der Waals surface area contributed by atoms with Crippen molar-refractivity contribution in [3.63, 3.8) is 0 Å². The topological polar surface area (TPSA) is 101 Å². The Morgan fingerprint density at radius 1 is 1.52 bits per heavy atom. The van der Waals surface area contributed by atoms with Gasteiger partial charge in [-0.05, 0) is 13.0 Å². The lowest BCUT2D eigenvalue weighted by atomic mass is 10.2. The number of benzene rings is 1. The van der Waals surface area contributed by atoms with Gasteiger partial charge in [-0.25, -0.2) is 8.42 Å². The van der Waals surface area contributed by atoms with Crippen molar-refractivity contribution in [2.75, 3.05) is 19.7 Å². The fraction of sp³-hybridized carbons (Fsp3) is 0.333. The molecule has 1 aromatic carbocycles. The van der Waals surface area contributed by atoms with E-state index in [1.165, 1.54) is 13.0 Å². The second-order valence-corrected chi connectivity index (χ2v) is 6.53. The predicted octanol–water partition coefficient (Wildman–Crippen LogP) is 1.73. The van der Waals surface area contributed by atoms with E-state index in [-0.39, 0.29) is 40.9 Å². The monoisotopic (exact) mass is 334 g/mol. The maximum atomic E-state index is 12.4. The van der Waals surface area contributed by atoms with Crippen LogP contribution in [0.25, 0.3) is 0 Å². The lowest BCUT2D eigenvalue weighted by molar-refractivity contribution is -0.385. The van der Waals surface area contributed by atoms with Gasteiger partial charge in [-0.2, -0.15) is 4.31 Å². The van der Waals surface area contributed by atoms with Crippen molar-refractivity contribution >= 4 is 27.3 Å². The summed E-state index contributed by atoms with van der Waals surface area (Å²) in [6.07, 6.45) is 1.36. The van der Waals surface area contributed by atoms with Crippen molar-refractivity contribution in [1.29, 1.82) is 0 Å². The quantitative estimate of drug-likeness (QED) is 0.465. The second-order valence-electron chi connectivity index (χ2n) is 4.18. The smallest absolute Gasteiger partial charge is 0.275 e. The van der Waals surface area contributed by atoms with Gasteiger partial charge in [0.1, 0.15) is 0 Å². The standard InChI is InChI=1S/C12H15ClN2O5S/c1-3-4-14(5-6-16)21(19,20)10-7-11(13)9(2)12(8-10)15(17)18/h3,7-8,16H,1,4-6H2,2H3. The largest absolute Gasteiger partial charge is 0.395 e. The summed E-state index contributed by atoms with van der Waals surface area (Å²) in [5, 5.41) is 19.9. The molecule has 1 aromatic rings. The van der Waals surface area contributed by atoms with Gasteiger partial charge in [-0.1, -0.05) is 17.7 Å². The van der Waals surface area contributed by atoms with Crippen LogP contribution in [0, 0.1) is 17.0 Å². The van der Waals surface area contributed by atoms with Crippen molar-refractivity contribution in [3.8, 4) is 0 Å². The molecule has 116 valence electrons. The molecule has 0 saturated carbocycles. The minimum Gasteiger partial charge on any atom is -0.395 e. The van der Waals surface area contributed by atoms with Crippen LogP contribution in [0.4, 0.5) is 5.69 Å². The number of aliphatic hydroxyl groups is 1. The molecule has 0 aromatic heterocycles. The van der Waals surface area contributed by atoms with E-state index >= 15 is 0 Å². The van der Waals surface area contributed by atoms with Crippen LogP contribution in [0.15, 0.2) is 29.7 Å². The van der Waals surface area contributed by atoms with Gasteiger partial charge in [0, 0.05) is 24.7 Å². The molecule has 0 aliphatic rings. The summed E-state index contributed by atoms with van der Waals surface area (Å²) in [7, 11) is -4.01. The third-order valence-corrected chi connectivity index (χ3v) is 5.04. The van der Waals surface area contributed by atoms with Crippen LogP contribution in [0.3, 0.4) is 0 Å². The van der Waals surface area contributed by atoms with Crippen LogP contribution in [0.5, 0.6) is 0 Å². The minimum atomic E-state index is -4.01. The first-order valence-electron chi connectivity index (χ1n) is 5.92. The average molecular weight is 335 g/mol. The molecule has 0 amide bonds. The molecule has 21 heavy (non-hydrogen) atoms. The van der Waals surface area contributed by atoms with Gasteiger partial charge >= 0.3 is 0 Å². The summed E-state index contributed by atoms with van der Waals surface area (Å²) in [5.41, 5.74) is -0.179. The molecular weight excluding hydrogens is 320 g/mol. The van der Waals surface area contributed by atoms with E-state index < -0.39 is 14.9 Å². The highest BCUT2D eigenvalue weighted by Gasteiger charge is 2.27. The Kier molecular flexibility index (Phi) is 5.85. The predicted molar refractivity (Wildman–Crippen MR) is 78.9 cm³/mol. The second kappa shape index (κ2) is 6.99. The van der Waals surface area contributed by atoms with Crippen molar-refractivity contribution in [2.24, 2.45) is 0 Å². The molecule has 1 rings (SSSR count). The van der Waals surface area contributed by atoms with Gasteiger partial charge < -0.3 is 5.11 Å². The first kappa shape index (κ1) is 17.6. The summed E-state index contributed by atoms with van der Waals surface area (Å²) >= 11 is 5.87. The summed E-state index contributed by atoms with van der Waals surface area (Å²) in [4.78, 5) is 9.97. The maximum Gasteiger partial charge on any atom is 0.275 e. The number of rotatable bonds is 7. The van der Waals surface area contributed by atoms with Crippen LogP contribution in [-0.4, -0.2) is 42.4 Å². The summed E-state index contributed by atoms with van der Waals surface area (Å²) < 4.78 is 25.8. The number of aliphatic hydroxyl groups excluding tert-OH is 1. The van der Waals surface area contributed by atoms with Gasteiger partial charge in [0.05, 0.1) is 21.4 Å². The van der Waals surface area contributed by atoms with E-state index in [1.807, 2.05) is 0 Å². The molecule has 0 heterocycles. The van der Waals surface area contributed by atoms with Crippen LogP contribution >= 0.6 is 11.6 Å². The SMILES string of the molecule is C=CCN(CCO)S(=O)(=O)c1cc(Cl)c(C)c([N+](=O)[O-])c1. The van der Waals surface area contributed by atoms with Crippen LogP contribution in [0.2, 0.25) is 5.02 Å². The van der Waals surface area contributed by atoms with Crippen LogP contribution in [0.1, 0.15) is 5.56 Å². The zero-order valence-corrected chi connectivity index (χ0v) is 12.9. The molecule has 0 saturated heterocycles. The first-order valence-corrected chi connectivity index (χ1v) is 7.74. The average Bonchev–Trinajstić information content (AvgIpc) is 2.40. The Hall–Kier alpha value is -1.48. The Morgan fingerprint density at radius 3 is 2.62 bits per heavy atom. The molecule has 0 unspecified atom stereocenters. The van der Waals surface area contributed by atoms with Gasteiger partial charge in [-0.15, -0.1) is 6.58 Å². The fourth-order valence-electron chi connectivity index (χ4n) is 1.69. The van der Waals surface area contributed by atoms with Crippen LogP contribution < -0.4 is 0 Å². The molecule has 0 atom stereocenters. The Morgan fingerprint density at radius 2 is 2.14 bits per heavy atom. The van der Waals surface area contributed by atoms with Crippen molar-refractivity contribution in [2.45, 2.75) is 11.8 Å². The highest BCUT2D eigenvalue weighted by Crippen LogP contribution is 2.30. The van der Waals surface area contributed by atoms with Crippen molar-refractivity contribution in [1.82, 2.24) is 4.31 Å². The zero-order chi connectivity index (χ0) is 16.2. The first-order chi connectivity index (χ1) is 9.75. The highest BCUT2D eigenvalue weighted by atomic mass is 35.5. The van der Waals surface area contributed by atoms with E-state index in [2.05, 4.69) is 6.58 Å². The number of hydrogen-bond donors (Lipinski definition) is 1. The van der Waals surface area contributed by atoms with E-state index in [4.69, 9.17) is 16.7 Å². The van der Waals surface area contributed by atoms with Gasteiger partial charge in [0.15, 0.2) is 0 Å². The summed E-state index contributed by atoms with van der Waals surface area (Å²) in [6, 6.07) is 2.12. The number of hydrogen-bond acceptors (Lipinski definition) is 5. The summed E-state index contributed by atoms with van der Waals surface area (Å²) in [6.45, 7) is 4.33. The molecule has 0 bridgehead atoms. The molecule has 7 nitrogen and oxygen atoms in total. The van der Waals surface area contributed by atoms with E-state index in [0.29, 0.717) is 0 Å². The number of nitro benzene ring substituents is 1.